The molecule has 1 aliphatic rings. The first-order valence-electron chi connectivity index (χ1n) is 6.43. The van der Waals surface area contributed by atoms with Crippen LogP contribution in [-0.2, 0) is 6.42 Å². The molecule has 0 bridgehead atoms. The number of hydrogen-bond donors (Lipinski definition) is 2. The van der Waals surface area contributed by atoms with E-state index in [1.165, 1.54) is 30.8 Å². The summed E-state index contributed by atoms with van der Waals surface area (Å²) in [7, 11) is 0. The van der Waals surface area contributed by atoms with Crippen LogP contribution in [0.2, 0.25) is 0 Å². The molecule has 2 N–H and O–H groups in total. The van der Waals surface area contributed by atoms with Crippen LogP contribution in [0.25, 0.3) is 0 Å². The number of aromatic nitrogens is 2. The van der Waals surface area contributed by atoms with Crippen molar-refractivity contribution in [3.8, 4) is 0 Å². The predicted molar refractivity (Wildman–Crippen MR) is 66.7 cm³/mol. The molecule has 90 valence electrons. The molecule has 1 unspecified atom stereocenters. The van der Waals surface area contributed by atoms with Crippen LogP contribution in [-0.4, -0.2) is 23.1 Å². The van der Waals surface area contributed by atoms with E-state index in [-0.39, 0.29) is 0 Å². The molecular formula is C13H23N3. The number of piperidine rings is 1. The molecule has 1 aromatic rings. The second-order valence-corrected chi connectivity index (χ2v) is 5.33. The van der Waals surface area contributed by atoms with Gasteiger partial charge in [0, 0.05) is 24.6 Å². The Balaban J connectivity index is 2.10. The summed E-state index contributed by atoms with van der Waals surface area (Å²) in [5, 5.41) is 3.46. The van der Waals surface area contributed by atoms with Gasteiger partial charge in [-0.15, -0.1) is 0 Å². The summed E-state index contributed by atoms with van der Waals surface area (Å²) in [6.45, 7) is 8.88. The molecule has 1 aliphatic heterocycles. The molecular weight excluding hydrogens is 198 g/mol. The molecule has 1 atom stereocenters. The van der Waals surface area contributed by atoms with Gasteiger partial charge in [-0.1, -0.05) is 13.8 Å². The van der Waals surface area contributed by atoms with Crippen LogP contribution in [0.4, 0.5) is 0 Å². The fraction of sp³-hybridized carbons (Fsp3) is 0.769. The van der Waals surface area contributed by atoms with Crippen LogP contribution in [0.15, 0.2) is 0 Å². The highest BCUT2D eigenvalue weighted by molar-refractivity contribution is 5.19. The molecule has 0 aliphatic carbocycles. The highest BCUT2D eigenvalue weighted by atomic mass is 15.0. The number of H-pyrrole nitrogens is 1. The van der Waals surface area contributed by atoms with E-state index in [0.717, 1.165) is 18.8 Å². The predicted octanol–water partition coefficient (Wildman–Crippen LogP) is 2.38. The lowest BCUT2D eigenvalue weighted by Gasteiger charge is -2.21. The molecule has 2 heterocycles. The quantitative estimate of drug-likeness (QED) is 0.822. The summed E-state index contributed by atoms with van der Waals surface area (Å²) in [5.41, 5.74) is 2.56. The summed E-state index contributed by atoms with van der Waals surface area (Å²) in [5.74, 6) is 2.45. The van der Waals surface area contributed by atoms with Crippen molar-refractivity contribution in [3.05, 3.63) is 17.2 Å². The lowest BCUT2D eigenvalue weighted by Crippen LogP contribution is -2.28. The van der Waals surface area contributed by atoms with Crippen LogP contribution in [0.5, 0.6) is 0 Å². The minimum atomic E-state index is 0.617. The van der Waals surface area contributed by atoms with E-state index < -0.39 is 0 Å². The van der Waals surface area contributed by atoms with Gasteiger partial charge in [-0.2, -0.15) is 0 Å². The normalized spacial score (nSPS) is 21.6. The molecule has 2 rings (SSSR count). The third kappa shape index (κ3) is 2.64. The van der Waals surface area contributed by atoms with Crippen LogP contribution in [0.3, 0.4) is 0 Å². The zero-order chi connectivity index (χ0) is 11.5. The lowest BCUT2D eigenvalue weighted by atomic mass is 9.95. The van der Waals surface area contributed by atoms with Crippen molar-refractivity contribution in [2.24, 2.45) is 5.92 Å². The topological polar surface area (TPSA) is 40.7 Å². The van der Waals surface area contributed by atoms with Crippen molar-refractivity contribution in [2.45, 2.75) is 46.0 Å². The Morgan fingerprint density at radius 3 is 2.88 bits per heavy atom. The highest BCUT2D eigenvalue weighted by Crippen LogP contribution is 2.24. The molecule has 0 aromatic carbocycles. The minimum absolute atomic E-state index is 0.617. The summed E-state index contributed by atoms with van der Waals surface area (Å²) in [4.78, 5) is 8.21. The van der Waals surface area contributed by atoms with E-state index in [4.69, 9.17) is 4.98 Å². The third-order valence-electron chi connectivity index (χ3n) is 3.26. The second-order valence-electron chi connectivity index (χ2n) is 5.33. The van der Waals surface area contributed by atoms with E-state index >= 15 is 0 Å². The molecule has 1 aromatic heterocycles. The average Bonchev–Trinajstić information content (AvgIpc) is 2.60. The third-order valence-corrected chi connectivity index (χ3v) is 3.26. The summed E-state index contributed by atoms with van der Waals surface area (Å²) < 4.78 is 0. The van der Waals surface area contributed by atoms with Crippen LogP contribution >= 0.6 is 0 Å². The Hall–Kier alpha value is -0.830. The zero-order valence-electron chi connectivity index (χ0n) is 10.6. The monoisotopic (exact) mass is 221 g/mol. The van der Waals surface area contributed by atoms with Crippen molar-refractivity contribution in [1.82, 2.24) is 15.3 Å². The number of aryl methyl sites for hydroxylation is 1. The van der Waals surface area contributed by atoms with Crippen molar-refractivity contribution in [1.29, 1.82) is 0 Å². The van der Waals surface area contributed by atoms with Gasteiger partial charge in [0.1, 0.15) is 5.82 Å². The molecule has 0 spiro atoms. The molecule has 0 amide bonds. The summed E-state index contributed by atoms with van der Waals surface area (Å²) in [6, 6.07) is 0. The van der Waals surface area contributed by atoms with Gasteiger partial charge in [0.05, 0.1) is 5.69 Å². The number of hydrogen-bond acceptors (Lipinski definition) is 2. The fourth-order valence-electron chi connectivity index (χ4n) is 2.50. The SMILES string of the molecule is Cc1[nH]c(CC(C)C)nc1C1CCCNC1. The lowest BCUT2D eigenvalue weighted by molar-refractivity contribution is 0.453. The number of nitrogens with one attached hydrogen (secondary N) is 2. The van der Waals surface area contributed by atoms with Gasteiger partial charge >= 0.3 is 0 Å². The van der Waals surface area contributed by atoms with Gasteiger partial charge in [-0.05, 0) is 32.2 Å². The smallest absolute Gasteiger partial charge is 0.106 e. The molecule has 3 heteroatoms. The van der Waals surface area contributed by atoms with Gasteiger partial charge in [-0.3, -0.25) is 0 Å². The summed E-state index contributed by atoms with van der Waals surface area (Å²) in [6.07, 6.45) is 3.61. The Morgan fingerprint density at radius 2 is 2.25 bits per heavy atom. The van der Waals surface area contributed by atoms with E-state index in [0.29, 0.717) is 11.8 Å². The van der Waals surface area contributed by atoms with Crippen molar-refractivity contribution >= 4 is 0 Å². The molecule has 1 fully saturated rings. The van der Waals surface area contributed by atoms with Crippen molar-refractivity contribution < 1.29 is 0 Å². The Labute approximate surface area is 98.1 Å². The van der Waals surface area contributed by atoms with Gasteiger partial charge in [0.25, 0.3) is 0 Å². The highest BCUT2D eigenvalue weighted by Gasteiger charge is 2.20. The maximum atomic E-state index is 4.78. The van der Waals surface area contributed by atoms with Gasteiger partial charge in [0.15, 0.2) is 0 Å². The fourth-order valence-corrected chi connectivity index (χ4v) is 2.50. The van der Waals surface area contributed by atoms with Crippen molar-refractivity contribution in [3.63, 3.8) is 0 Å². The van der Waals surface area contributed by atoms with Gasteiger partial charge in [-0.25, -0.2) is 4.98 Å². The Morgan fingerprint density at radius 1 is 1.44 bits per heavy atom. The maximum absolute atomic E-state index is 4.78. The molecule has 3 nitrogen and oxygen atoms in total. The van der Waals surface area contributed by atoms with Crippen molar-refractivity contribution in [2.75, 3.05) is 13.1 Å². The Kier molecular flexibility index (Phi) is 3.64. The molecule has 0 saturated carbocycles. The largest absolute Gasteiger partial charge is 0.346 e. The number of nitrogens with zero attached hydrogens (tertiary/aromatic N) is 1. The second kappa shape index (κ2) is 5.00. The average molecular weight is 221 g/mol. The molecule has 1 saturated heterocycles. The number of aromatic amines is 1. The van der Waals surface area contributed by atoms with E-state index in [1.807, 2.05) is 0 Å². The minimum Gasteiger partial charge on any atom is -0.346 e. The Bertz CT molecular complexity index is 335. The summed E-state index contributed by atoms with van der Waals surface area (Å²) >= 11 is 0. The first-order chi connectivity index (χ1) is 7.66. The molecule has 16 heavy (non-hydrogen) atoms. The van der Waals surface area contributed by atoms with E-state index in [1.54, 1.807) is 0 Å². The van der Waals surface area contributed by atoms with Crippen LogP contribution in [0, 0.1) is 12.8 Å². The van der Waals surface area contributed by atoms with E-state index in [9.17, 15) is 0 Å². The number of imidazole rings is 1. The molecule has 0 radical (unpaired) electrons. The van der Waals surface area contributed by atoms with E-state index in [2.05, 4.69) is 31.1 Å². The van der Waals surface area contributed by atoms with Crippen LogP contribution in [0.1, 0.15) is 49.8 Å². The maximum Gasteiger partial charge on any atom is 0.106 e. The number of rotatable bonds is 3. The first kappa shape index (κ1) is 11.6. The van der Waals surface area contributed by atoms with Gasteiger partial charge < -0.3 is 10.3 Å². The van der Waals surface area contributed by atoms with Gasteiger partial charge in [0.2, 0.25) is 0 Å². The standard InChI is InChI=1S/C13H23N3/c1-9(2)7-12-15-10(3)13(16-12)11-5-4-6-14-8-11/h9,11,14H,4-8H2,1-3H3,(H,15,16). The van der Waals surface area contributed by atoms with Crippen LogP contribution < -0.4 is 5.32 Å². The first-order valence-corrected chi connectivity index (χ1v) is 6.43. The zero-order valence-corrected chi connectivity index (χ0v) is 10.6.